The third-order valence-corrected chi connectivity index (χ3v) is 2.67. The highest BCUT2D eigenvalue weighted by molar-refractivity contribution is 5.32. The van der Waals surface area contributed by atoms with E-state index >= 15 is 0 Å². The third kappa shape index (κ3) is 0.961. The molecule has 66 valence electrons. The SMILES string of the molecule is C1=CC2(c3ccccc3)CC1OO2. The van der Waals surface area contributed by atoms with E-state index in [0.29, 0.717) is 0 Å². The van der Waals surface area contributed by atoms with E-state index in [2.05, 4.69) is 24.3 Å². The molecule has 13 heavy (non-hydrogen) atoms. The average molecular weight is 174 g/mol. The van der Waals surface area contributed by atoms with Crippen LogP contribution in [0.1, 0.15) is 12.0 Å². The molecule has 1 saturated heterocycles. The van der Waals surface area contributed by atoms with Gasteiger partial charge in [-0.25, -0.2) is 9.78 Å². The Morgan fingerprint density at radius 2 is 2.08 bits per heavy atom. The lowest BCUT2D eigenvalue weighted by atomic mass is 9.94. The van der Waals surface area contributed by atoms with E-state index in [0.717, 1.165) is 6.42 Å². The van der Waals surface area contributed by atoms with Gasteiger partial charge in [-0.05, 0) is 11.6 Å². The highest BCUT2D eigenvalue weighted by Gasteiger charge is 2.45. The summed E-state index contributed by atoms with van der Waals surface area (Å²) in [5.74, 6) is 0. The average Bonchev–Trinajstić information content (AvgIpc) is 2.80. The number of fused-ring (bicyclic) bond motifs is 2. The summed E-state index contributed by atoms with van der Waals surface area (Å²) >= 11 is 0. The Morgan fingerprint density at radius 1 is 1.23 bits per heavy atom. The molecule has 2 heteroatoms. The standard InChI is InChI=1S/C11H10O2/c1-2-4-9(5-3-1)11-7-6-10(8-11)12-13-11/h1-7,10H,8H2. The van der Waals surface area contributed by atoms with Crippen molar-refractivity contribution in [3.05, 3.63) is 48.0 Å². The second-order valence-corrected chi connectivity index (χ2v) is 3.54. The zero-order valence-corrected chi connectivity index (χ0v) is 7.14. The van der Waals surface area contributed by atoms with Crippen molar-refractivity contribution < 1.29 is 9.78 Å². The van der Waals surface area contributed by atoms with Crippen LogP contribution in [0.25, 0.3) is 0 Å². The summed E-state index contributed by atoms with van der Waals surface area (Å²) in [4.78, 5) is 10.5. The normalized spacial score (nSPS) is 35.5. The fourth-order valence-corrected chi connectivity index (χ4v) is 1.96. The highest BCUT2D eigenvalue weighted by Crippen LogP contribution is 2.44. The van der Waals surface area contributed by atoms with E-state index in [9.17, 15) is 0 Å². The van der Waals surface area contributed by atoms with Crippen molar-refractivity contribution in [2.75, 3.05) is 0 Å². The van der Waals surface area contributed by atoms with E-state index < -0.39 is 0 Å². The lowest BCUT2D eigenvalue weighted by molar-refractivity contribution is -0.319. The molecule has 1 fully saturated rings. The van der Waals surface area contributed by atoms with Gasteiger partial charge in [0.05, 0.1) is 0 Å². The van der Waals surface area contributed by atoms with E-state index in [4.69, 9.17) is 9.78 Å². The molecular formula is C11H10O2. The van der Waals surface area contributed by atoms with E-state index in [1.807, 2.05) is 18.2 Å². The number of rotatable bonds is 1. The Hall–Kier alpha value is -1.12. The van der Waals surface area contributed by atoms with Gasteiger partial charge in [0.1, 0.15) is 11.7 Å². The minimum atomic E-state index is -0.300. The Kier molecular flexibility index (Phi) is 1.37. The molecule has 0 spiro atoms. The van der Waals surface area contributed by atoms with Crippen molar-refractivity contribution in [1.29, 1.82) is 0 Å². The summed E-state index contributed by atoms with van der Waals surface area (Å²) in [5.41, 5.74) is 0.873. The summed E-state index contributed by atoms with van der Waals surface area (Å²) < 4.78 is 0. The summed E-state index contributed by atoms with van der Waals surface area (Å²) in [6.45, 7) is 0. The molecule has 3 rings (SSSR count). The van der Waals surface area contributed by atoms with Gasteiger partial charge >= 0.3 is 0 Å². The Bertz CT molecular complexity index is 344. The van der Waals surface area contributed by atoms with Crippen LogP contribution in [0.2, 0.25) is 0 Å². The molecule has 2 atom stereocenters. The smallest absolute Gasteiger partial charge is 0.150 e. The molecule has 1 aromatic rings. The molecule has 2 nitrogen and oxygen atoms in total. The van der Waals surface area contributed by atoms with Gasteiger partial charge in [-0.1, -0.05) is 36.4 Å². The van der Waals surface area contributed by atoms with Crippen LogP contribution in [0.3, 0.4) is 0 Å². The van der Waals surface area contributed by atoms with Crippen LogP contribution in [0.15, 0.2) is 42.5 Å². The summed E-state index contributed by atoms with van der Waals surface area (Å²) in [6.07, 6.45) is 5.23. The molecule has 0 N–H and O–H groups in total. The van der Waals surface area contributed by atoms with Crippen LogP contribution >= 0.6 is 0 Å². The molecule has 1 aliphatic heterocycles. The first kappa shape index (κ1) is 7.30. The minimum absolute atomic E-state index is 0.153. The fourth-order valence-electron chi connectivity index (χ4n) is 1.96. The monoisotopic (exact) mass is 174 g/mol. The number of hydrogen-bond donors (Lipinski definition) is 0. The minimum Gasteiger partial charge on any atom is -0.228 e. The lowest BCUT2D eigenvalue weighted by Gasteiger charge is -2.20. The quantitative estimate of drug-likeness (QED) is 0.480. The molecule has 2 unspecified atom stereocenters. The summed E-state index contributed by atoms with van der Waals surface area (Å²) in [6, 6.07) is 10.2. The molecule has 2 bridgehead atoms. The van der Waals surface area contributed by atoms with Gasteiger partial charge in [0.25, 0.3) is 0 Å². The zero-order chi connectivity index (χ0) is 8.73. The molecule has 0 radical (unpaired) electrons. The van der Waals surface area contributed by atoms with Gasteiger partial charge in [-0.2, -0.15) is 0 Å². The molecule has 0 saturated carbocycles. The maximum Gasteiger partial charge on any atom is 0.150 e. The molecule has 1 aliphatic carbocycles. The first-order valence-corrected chi connectivity index (χ1v) is 4.48. The summed E-state index contributed by atoms with van der Waals surface area (Å²) in [5, 5.41) is 0. The van der Waals surface area contributed by atoms with Crippen LogP contribution < -0.4 is 0 Å². The second kappa shape index (κ2) is 2.44. The maximum atomic E-state index is 5.34. The van der Waals surface area contributed by atoms with Crippen LogP contribution in [-0.4, -0.2) is 6.10 Å². The van der Waals surface area contributed by atoms with Crippen LogP contribution in [-0.2, 0) is 15.4 Å². The first-order valence-electron chi connectivity index (χ1n) is 4.48. The lowest BCUT2D eigenvalue weighted by Crippen LogP contribution is -2.20. The number of benzene rings is 1. The molecule has 1 heterocycles. The fraction of sp³-hybridized carbons (Fsp3) is 0.273. The predicted octanol–water partition coefficient (Wildman–Crippen LogP) is 2.17. The van der Waals surface area contributed by atoms with Gasteiger partial charge in [0.15, 0.2) is 0 Å². The first-order chi connectivity index (χ1) is 6.39. The van der Waals surface area contributed by atoms with Crippen molar-refractivity contribution in [2.45, 2.75) is 18.1 Å². The van der Waals surface area contributed by atoms with Gasteiger partial charge in [0, 0.05) is 6.42 Å². The van der Waals surface area contributed by atoms with Crippen molar-refractivity contribution in [1.82, 2.24) is 0 Å². The van der Waals surface area contributed by atoms with Gasteiger partial charge in [-0.3, -0.25) is 0 Å². The zero-order valence-electron chi connectivity index (χ0n) is 7.14. The molecule has 0 amide bonds. The van der Waals surface area contributed by atoms with Crippen molar-refractivity contribution in [2.24, 2.45) is 0 Å². The largest absolute Gasteiger partial charge is 0.228 e. The predicted molar refractivity (Wildman–Crippen MR) is 47.8 cm³/mol. The molecule has 2 aliphatic rings. The highest BCUT2D eigenvalue weighted by atomic mass is 17.2. The van der Waals surface area contributed by atoms with E-state index in [1.165, 1.54) is 5.56 Å². The second-order valence-electron chi connectivity index (χ2n) is 3.54. The Balaban J connectivity index is 2.06. The van der Waals surface area contributed by atoms with Gasteiger partial charge < -0.3 is 0 Å². The van der Waals surface area contributed by atoms with E-state index in [1.54, 1.807) is 0 Å². The summed E-state index contributed by atoms with van der Waals surface area (Å²) in [7, 11) is 0. The Morgan fingerprint density at radius 3 is 2.62 bits per heavy atom. The van der Waals surface area contributed by atoms with E-state index in [-0.39, 0.29) is 11.7 Å². The van der Waals surface area contributed by atoms with Crippen LogP contribution in [0.4, 0.5) is 0 Å². The van der Waals surface area contributed by atoms with Crippen LogP contribution in [0, 0.1) is 0 Å². The topological polar surface area (TPSA) is 18.5 Å². The Labute approximate surface area is 76.7 Å². The maximum absolute atomic E-state index is 5.34. The molecular weight excluding hydrogens is 164 g/mol. The van der Waals surface area contributed by atoms with Crippen molar-refractivity contribution in [3.8, 4) is 0 Å². The molecule has 1 aromatic carbocycles. The third-order valence-electron chi connectivity index (χ3n) is 2.67. The van der Waals surface area contributed by atoms with Crippen molar-refractivity contribution in [3.63, 3.8) is 0 Å². The van der Waals surface area contributed by atoms with Crippen LogP contribution in [0.5, 0.6) is 0 Å². The van der Waals surface area contributed by atoms with Gasteiger partial charge in [-0.15, -0.1) is 0 Å². The number of hydrogen-bond acceptors (Lipinski definition) is 2. The van der Waals surface area contributed by atoms with Gasteiger partial charge in [0.2, 0.25) is 0 Å². The van der Waals surface area contributed by atoms with Crippen molar-refractivity contribution >= 4 is 0 Å². The molecule has 0 aromatic heterocycles.